The number of rotatable bonds is 4. The molecule has 0 aromatic carbocycles. The van der Waals surface area contributed by atoms with Gasteiger partial charge in [-0.2, -0.15) is 0 Å². The van der Waals surface area contributed by atoms with Crippen molar-refractivity contribution in [3.8, 4) is 0 Å². The molecule has 0 aliphatic heterocycles. The van der Waals surface area contributed by atoms with Crippen LogP contribution in [-0.2, 0) is 9.59 Å². The summed E-state index contributed by atoms with van der Waals surface area (Å²) in [5, 5.41) is 18.2. The Labute approximate surface area is 102 Å². The van der Waals surface area contributed by atoms with E-state index in [-0.39, 0.29) is 25.3 Å². The van der Waals surface area contributed by atoms with Crippen LogP contribution in [0, 0.1) is 10.8 Å². The second-order valence-corrected chi connectivity index (χ2v) is 4.52. The van der Waals surface area contributed by atoms with Crippen LogP contribution in [0.3, 0.4) is 0 Å². The van der Waals surface area contributed by atoms with Crippen molar-refractivity contribution in [2.45, 2.75) is 40.5 Å². The average molecular weight is 210 g/mol. The Hall–Kier alpha value is -0.463. The molecule has 0 saturated heterocycles. The van der Waals surface area contributed by atoms with Gasteiger partial charge in [-0.15, -0.1) is 0 Å². The molecular weight excluding hydrogens is 191 g/mol. The van der Waals surface area contributed by atoms with Gasteiger partial charge in [-0.3, -0.25) is 9.59 Å². The Bertz CT molecular complexity index is 228. The summed E-state index contributed by atoms with van der Waals surface area (Å²) in [5.74, 6) is -2.50. The molecule has 2 N–H and O–H groups in total. The predicted octanol–water partition coefficient (Wildman–Crippen LogP) is 1.34. The molecule has 5 heteroatoms. The molecule has 0 aliphatic carbocycles. The zero-order chi connectivity index (χ0) is 11.6. The Morgan fingerprint density at radius 1 is 1.07 bits per heavy atom. The van der Waals surface area contributed by atoms with Crippen molar-refractivity contribution in [1.82, 2.24) is 0 Å². The first-order chi connectivity index (χ1) is 6.20. The van der Waals surface area contributed by atoms with E-state index in [2.05, 4.69) is 0 Å². The molecule has 0 amide bonds. The number of aliphatic carboxylic acids is 2. The number of carbonyl (C=O) groups is 2. The monoisotopic (exact) mass is 210 g/mol. The van der Waals surface area contributed by atoms with Crippen molar-refractivity contribution in [3.63, 3.8) is 0 Å². The molecule has 0 aromatic heterocycles. The fourth-order valence-electron chi connectivity index (χ4n) is 1.70. The van der Waals surface area contributed by atoms with Gasteiger partial charge in [0.05, 0.1) is 0 Å². The minimum absolute atomic E-state index is 0. The first kappa shape index (κ1) is 16.9. The Balaban J connectivity index is 0. The van der Waals surface area contributed by atoms with Gasteiger partial charge in [0.25, 0.3) is 0 Å². The molecule has 0 spiro atoms. The van der Waals surface area contributed by atoms with Crippen molar-refractivity contribution < 1.29 is 19.8 Å². The number of carboxylic acids is 2. The first-order valence-electron chi connectivity index (χ1n) is 4.67. The average Bonchev–Trinajstić information content (AvgIpc) is 1.95. The molecule has 0 heterocycles. The molecule has 0 rings (SSSR count). The van der Waals surface area contributed by atoms with E-state index in [9.17, 15) is 9.59 Å². The standard InChI is InChI=1S/C10H18O4.Li.H/c1-5-6-10(7(11)12,8(13)14)9(2,3)4;;/h5-6H2,1-4H3,(H,11,12)(H,13,14);;. The zero-order valence-corrected chi connectivity index (χ0v) is 9.13. The van der Waals surface area contributed by atoms with E-state index in [1.807, 2.05) is 0 Å². The van der Waals surface area contributed by atoms with E-state index in [4.69, 9.17) is 10.2 Å². The van der Waals surface area contributed by atoms with Crippen LogP contribution in [0.15, 0.2) is 0 Å². The molecule has 15 heavy (non-hydrogen) atoms. The maximum atomic E-state index is 11.1. The summed E-state index contributed by atoms with van der Waals surface area (Å²) >= 11 is 0. The first-order valence-corrected chi connectivity index (χ1v) is 4.67. The van der Waals surface area contributed by atoms with Gasteiger partial charge < -0.3 is 10.2 Å². The number of hydrogen-bond acceptors (Lipinski definition) is 2. The van der Waals surface area contributed by atoms with Crippen LogP contribution in [-0.4, -0.2) is 41.0 Å². The second kappa shape index (κ2) is 5.57. The summed E-state index contributed by atoms with van der Waals surface area (Å²) in [6.45, 7) is 6.72. The van der Waals surface area contributed by atoms with Crippen LogP contribution in [0.4, 0.5) is 0 Å². The van der Waals surface area contributed by atoms with Gasteiger partial charge in [-0.1, -0.05) is 34.1 Å². The molecule has 84 valence electrons. The Morgan fingerprint density at radius 2 is 1.40 bits per heavy atom. The van der Waals surface area contributed by atoms with Crippen LogP contribution in [0.2, 0.25) is 0 Å². The summed E-state index contributed by atoms with van der Waals surface area (Å²) in [7, 11) is 0. The molecule has 0 saturated carbocycles. The zero-order valence-electron chi connectivity index (χ0n) is 9.13. The van der Waals surface area contributed by atoms with Gasteiger partial charge >= 0.3 is 30.8 Å². The van der Waals surface area contributed by atoms with Crippen LogP contribution >= 0.6 is 0 Å². The Morgan fingerprint density at radius 3 is 1.47 bits per heavy atom. The van der Waals surface area contributed by atoms with Crippen molar-refractivity contribution in [3.05, 3.63) is 0 Å². The van der Waals surface area contributed by atoms with E-state index in [0.29, 0.717) is 6.42 Å². The van der Waals surface area contributed by atoms with E-state index in [1.165, 1.54) is 0 Å². The fourth-order valence-corrected chi connectivity index (χ4v) is 1.70. The SMILES string of the molecule is CCCC(C(=O)O)(C(=O)O)C(C)(C)C.[LiH]. The molecular formula is C10H19LiO4. The number of hydrogen-bond donors (Lipinski definition) is 2. The molecule has 0 atom stereocenters. The third kappa shape index (κ3) is 2.99. The normalized spacial score (nSPS) is 11.7. The van der Waals surface area contributed by atoms with E-state index < -0.39 is 22.8 Å². The van der Waals surface area contributed by atoms with Gasteiger partial charge in [-0.05, 0) is 11.8 Å². The van der Waals surface area contributed by atoms with Crippen LogP contribution in [0.5, 0.6) is 0 Å². The molecule has 0 aromatic rings. The molecule has 0 radical (unpaired) electrons. The van der Waals surface area contributed by atoms with Gasteiger partial charge in [-0.25, -0.2) is 0 Å². The van der Waals surface area contributed by atoms with Gasteiger partial charge in [0, 0.05) is 0 Å². The quantitative estimate of drug-likeness (QED) is 0.542. The molecule has 4 nitrogen and oxygen atoms in total. The van der Waals surface area contributed by atoms with Gasteiger partial charge in [0.1, 0.15) is 0 Å². The van der Waals surface area contributed by atoms with Crippen LogP contribution in [0.1, 0.15) is 40.5 Å². The third-order valence-electron chi connectivity index (χ3n) is 2.64. The van der Waals surface area contributed by atoms with Crippen molar-refractivity contribution >= 4 is 30.8 Å². The Kier molecular flexibility index (Phi) is 6.30. The topological polar surface area (TPSA) is 74.6 Å². The summed E-state index contributed by atoms with van der Waals surface area (Å²) in [4.78, 5) is 22.2. The van der Waals surface area contributed by atoms with Crippen LogP contribution in [0.25, 0.3) is 0 Å². The van der Waals surface area contributed by atoms with Gasteiger partial charge in [0.2, 0.25) is 0 Å². The molecule has 0 unspecified atom stereocenters. The second-order valence-electron chi connectivity index (χ2n) is 4.52. The van der Waals surface area contributed by atoms with E-state index in [0.717, 1.165) is 0 Å². The summed E-state index contributed by atoms with van der Waals surface area (Å²) in [5.41, 5.74) is -2.47. The predicted molar refractivity (Wildman–Crippen MR) is 59.2 cm³/mol. The molecule has 0 aliphatic rings. The van der Waals surface area contributed by atoms with Gasteiger partial charge in [0.15, 0.2) is 5.41 Å². The minimum atomic E-state index is -1.68. The van der Waals surface area contributed by atoms with Crippen molar-refractivity contribution in [2.75, 3.05) is 0 Å². The summed E-state index contributed by atoms with van der Waals surface area (Å²) in [6, 6.07) is 0. The molecule has 0 bridgehead atoms. The third-order valence-corrected chi connectivity index (χ3v) is 2.64. The molecule has 0 fully saturated rings. The van der Waals surface area contributed by atoms with E-state index in [1.54, 1.807) is 27.7 Å². The van der Waals surface area contributed by atoms with Crippen LogP contribution < -0.4 is 0 Å². The van der Waals surface area contributed by atoms with Crippen molar-refractivity contribution in [1.29, 1.82) is 0 Å². The van der Waals surface area contributed by atoms with Crippen molar-refractivity contribution in [2.24, 2.45) is 10.8 Å². The maximum absolute atomic E-state index is 11.1. The number of carboxylic acid groups (broad SMARTS) is 2. The fraction of sp³-hybridized carbons (Fsp3) is 0.800. The summed E-state index contributed by atoms with van der Waals surface area (Å²) < 4.78 is 0. The van der Waals surface area contributed by atoms with E-state index >= 15 is 0 Å². The summed E-state index contributed by atoms with van der Waals surface area (Å²) in [6.07, 6.45) is 0.692.